The molecule has 1 N–H and O–H groups in total. The second-order valence-corrected chi connectivity index (χ2v) is 5.38. The SMILES string of the molecule is CC(C)C1CCN(Cc2ccnc(C(=O)O)c2)C1. The van der Waals surface area contributed by atoms with Crippen molar-refractivity contribution in [3.63, 3.8) is 0 Å². The number of carboxylic acids is 1. The highest BCUT2D eigenvalue weighted by molar-refractivity contribution is 5.85. The van der Waals surface area contributed by atoms with Crippen LogP contribution in [0.25, 0.3) is 0 Å². The van der Waals surface area contributed by atoms with Gasteiger partial charge in [-0.2, -0.15) is 0 Å². The lowest BCUT2D eigenvalue weighted by Gasteiger charge is -2.17. The van der Waals surface area contributed by atoms with Crippen molar-refractivity contribution in [2.75, 3.05) is 13.1 Å². The Balaban J connectivity index is 1.98. The van der Waals surface area contributed by atoms with Crippen LogP contribution in [-0.2, 0) is 6.54 Å². The molecule has 1 aromatic heterocycles. The molecule has 98 valence electrons. The highest BCUT2D eigenvalue weighted by atomic mass is 16.4. The molecule has 1 atom stereocenters. The van der Waals surface area contributed by atoms with Crippen molar-refractivity contribution >= 4 is 5.97 Å². The number of pyridine rings is 1. The van der Waals surface area contributed by atoms with E-state index < -0.39 is 5.97 Å². The number of carbonyl (C=O) groups is 1. The maximum atomic E-state index is 10.9. The Hall–Kier alpha value is -1.42. The lowest BCUT2D eigenvalue weighted by molar-refractivity contribution is 0.0690. The van der Waals surface area contributed by atoms with Gasteiger partial charge in [0.15, 0.2) is 0 Å². The van der Waals surface area contributed by atoms with Crippen molar-refractivity contribution < 1.29 is 9.90 Å². The molecule has 0 saturated carbocycles. The van der Waals surface area contributed by atoms with E-state index in [-0.39, 0.29) is 5.69 Å². The minimum absolute atomic E-state index is 0.132. The Morgan fingerprint density at radius 1 is 1.61 bits per heavy atom. The normalized spacial score (nSPS) is 20.5. The van der Waals surface area contributed by atoms with Crippen molar-refractivity contribution in [3.05, 3.63) is 29.6 Å². The molecule has 0 spiro atoms. The maximum absolute atomic E-state index is 10.9. The molecule has 0 radical (unpaired) electrons. The predicted octanol–water partition coefficient (Wildman–Crippen LogP) is 2.26. The summed E-state index contributed by atoms with van der Waals surface area (Å²) in [5, 5.41) is 8.91. The number of nitrogens with zero attached hydrogens (tertiary/aromatic N) is 2. The predicted molar refractivity (Wildman–Crippen MR) is 69.4 cm³/mol. The fourth-order valence-electron chi connectivity index (χ4n) is 2.50. The summed E-state index contributed by atoms with van der Waals surface area (Å²) in [6.45, 7) is 7.58. The van der Waals surface area contributed by atoms with Crippen molar-refractivity contribution in [1.29, 1.82) is 0 Å². The first kappa shape index (κ1) is 13.0. The lowest BCUT2D eigenvalue weighted by Crippen LogP contribution is -2.21. The molecule has 1 aliphatic rings. The smallest absolute Gasteiger partial charge is 0.354 e. The fraction of sp³-hybridized carbons (Fsp3) is 0.571. The van der Waals surface area contributed by atoms with Crippen LogP contribution in [0.15, 0.2) is 18.3 Å². The molecule has 4 heteroatoms. The quantitative estimate of drug-likeness (QED) is 0.888. The lowest BCUT2D eigenvalue weighted by atomic mass is 9.95. The van der Waals surface area contributed by atoms with E-state index in [1.807, 2.05) is 6.07 Å². The zero-order valence-electron chi connectivity index (χ0n) is 11.0. The van der Waals surface area contributed by atoms with Gasteiger partial charge in [-0.3, -0.25) is 4.90 Å². The van der Waals surface area contributed by atoms with Crippen LogP contribution in [0.3, 0.4) is 0 Å². The van der Waals surface area contributed by atoms with Crippen LogP contribution in [0.5, 0.6) is 0 Å². The van der Waals surface area contributed by atoms with Gasteiger partial charge in [-0.25, -0.2) is 9.78 Å². The Labute approximate surface area is 108 Å². The molecule has 1 unspecified atom stereocenters. The van der Waals surface area contributed by atoms with Gasteiger partial charge in [0, 0.05) is 19.3 Å². The van der Waals surface area contributed by atoms with Crippen LogP contribution in [0, 0.1) is 11.8 Å². The average Bonchev–Trinajstić information content (AvgIpc) is 2.78. The first-order valence-corrected chi connectivity index (χ1v) is 6.47. The van der Waals surface area contributed by atoms with Crippen LogP contribution in [0.4, 0.5) is 0 Å². The van der Waals surface area contributed by atoms with E-state index in [0.717, 1.165) is 37.0 Å². The van der Waals surface area contributed by atoms with Crippen molar-refractivity contribution in [2.24, 2.45) is 11.8 Å². The molecule has 4 nitrogen and oxygen atoms in total. The number of likely N-dealkylation sites (tertiary alicyclic amines) is 1. The van der Waals surface area contributed by atoms with Gasteiger partial charge in [0.2, 0.25) is 0 Å². The fourth-order valence-corrected chi connectivity index (χ4v) is 2.50. The molecule has 1 fully saturated rings. The van der Waals surface area contributed by atoms with Crippen LogP contribution in [0.2, 0.25) is 0 Å². The Morgan fingerprint density at radius 3 is 3.00 bits per heavy atom. The summed E-state index contributed by atoms with van der Waals surface area (Å²) in [5.41, 5.74) is 1.17. The number of hydrogen-bond donors (Lipinski definition) is 1. The van der Waals surface area contributed by atoms with E-state index in [1.54, 1.807) is 12.3 Å². The van der Waals surface area contributed by atoms with Crippen molar-refractivity contribution in [3.8, 4) is 0 Å². The van der Waals surface area contributed by atoms with Gasteiger partial charge >= 0.3 is 5.97 Å². The number of aromatic carboxylic acids is 1. The molecule has 0 amide bonds. The van der Waals surface area contributed by atoms with Crippen LogP contribution < -0.4 is 0 Å². The largest absolute Gasteiger partial charge is 0.477 e. The zero-order chi connectivity index (χ0) is 13.1. The Bertz CT molecular complexity index is 432. The first-order valence-electron chi connectivity index (χ1n) is 6.47. The van der Waals surface area contributed by atoms with Gasteiger partial charge in [0.05, 0.1) is 0 Å². The average molecular weight is 248 g/mol. The molecule has 2 rings (SSSR count). The van der Waals surface area contributed by atoms with Crippen LogP contribution >= 0.6 is 0 Å². The molecule has 1 aromatic rings. The Kier molecular flexibility index (Phi) is 3.97. The van der Waals surface area contributed by atoms with Gasteiger partial charge in [-0.05, 0) is 42.5 Å². The van der Waals surface area contributed by atoms with Crippen molar-refractivity contribution in [1.82, 2.24) is 9.88 Å². The van der Waals surface area contributed by atoms with E-state index in [4.69, 9.17) is 5.11 Å². The molecule has 0 aromatic carbocycles. The number of carboxylic acid groups (broad SMARTS) is 1. The molecule has 1 aliphatic heterocycles. The monoisotopic (exact) mass is 248 g/mol. The summed E-state index contributed by atoms with van der Waals surface area (Å²) in [6, 6.07) is 3.57. The molecule has 2 heterocycles. The number of hydrogen-bond acceptors (Lipinski definition) is 3. The van der Waals surface area contributed by atoms with E-state index in [9.17, 15) is 4.79 Å². The zero-order valence-corrected chi connectivity index (χ0v) is 11.0. The summed E-state index contributed by atoms with van der Waals surface area (Å²) >= 11 is 0. The van der Waals surface area contributed by atoms with E-state index >= 15 is 0 Å². The second kappa shape index (κ2) is 5.48. The summed E-state index contributed by atoms with van der Waals surface area (Å²) < 4.78 is 0. The molecule has 1 saturated heterocycles. The highest BCUT2D eigenvalue weighted by Crippen LogP contribution is 2.24. The number of aromatic nitrogens is 1. The first-order chi connectivity index (χ1) is 8.56. The second-order valence-electron chi connectivity index (χ2n) is 5.38. The molecule has 0 aliphatic carbocycles. The third kappa shape index (κ3) is 3.07. The highest BCUT2D eigenvalue weighted by Gasteiger charge is 2.24. The van der Waals surface area contributed by atoms with Crippen LogP contribution in [0.1, 0.15) is 36.3 Å². The van der Waals surface area contributed by atoms with Gasteiger partial charge in [-0.15, -0.1) is 0 Å². The van der Waals surface area contributed by atoms with E-state index in [1.165, 1.54) is 6.42 Å². The summed E-state index contributed by atoms with van der Waals surface area (Å²) in [7, 11) is 0. The number of rotatable bonds is 4. The van der Waals surface area contributed by atoms with Crippen molar-refractivity contribution in [2.45, 2.75) is 26.8 Å². The van der Waals surface area contributed by atoms with E-state index in [0.29, 0.717) is 0 Å². The molecule has 0 bridgehead atoms. The molecular weight excluding hydrogens is 228 g/mol. The third-order valence-electron chi connectivity index (χ3n) is 3.70. The summed E-state index contributed by atoms with van der Waals surface area (Å²) in [4.78, 5) is 17.1. The minimum Gasteiger partial charge on any atom is -0.477 e. The Morgan fingerprint density at radius 2 is 2.39 bits per heavy atom. The summed E-state index contributed by atoms with van der Waals surface area (Å²) in [6.07, 6.45) is 2.82. The van der Waals surface area contributed by atoms with E-state index in [2.05, 4.69) is 23.7 Å². The van der Waals surface area contributed by atoms with Gasteiger partial charge in [0.25, 0.3) is 0 Å². The van der Waals surface area contributed by atoms with Gasteiger partial charge in [-0.1, -0.05) is 13.8 Å². The molecule has 18 heavy (non-hydrogen) atoms. The summed E-state index contributed by atoms with van der Waals surface area (Å²) in [5.74, 6) is 0.533. The van der Waals surface area contributed by atoms with Gasteiger partial charge in [0.1, 0.15) is 5.69 Å². The van der Waals surface area contributed by atoms with Crippen LogP contribution in [-0.4, -0.2) is 34.0 Å². The van der Waals surface area contributed by atoms with Gasteiger partial charge < -0.3 is 5.11 Å². The standard InChI is InChI=1S/C14H20N2O2/c1-10(2)12-4-6-16(9-12)8-11-3-5-15-13(7-11)14(17)18/h3,5,7,10,12H,4,6,8-9H2,1-2H3,(H,17,18). The topological polar surface area (TPSA) is 53.4 Å². The third-order valence-corrected chi connectivity index (χ3v) is 3.70. The maximum Gasteiger partial charge on any atom is 0.354 e. The molecular formula is C14H20N2O2. The minimum atomic E-state index is -0.960.